The third kappa shape index (κ3) is 1.73. The van der Waals surface area contributed by atoms with Crippen molar-refractivity contribution in [2.24, 2.45) is 0 Å². The molecule has 1 aliphatic carbocycles. The van der Waals surface area contributed by atoms with Crippen LogP contribution in [0.3, 0.4) is 0 Å². The molecule has 0 bridgehead atoms. The van der Waals surface area contributed by atoms with E-state index in [9.17, 15) is 4.79 Å². The highest BCUT2D eigenvalue weighted by atomic mass is 16.4. The van der Waals surface area contributed by atoms with Crippen LogP contribution in [0.25, 0.3) is 0 Å². The Hall–Kier alpha value is -1.77. The average molecular weight is 203 g/mol. The Bertz CT molecular complexity index is 415. The van der Waals surface area contributed by atoms with Gasteiger partial charge in [0.15, 0.2) is 0 Å². The minimum atomic E-state index is -0.920. The first-order valence-electron chi connectivity index (χ1n) is 4.88. The molecule has 2 aliphatic rings. The molecule has 2 rings (SSSR count). The third-order valence-corrected chi connectivity index (χ3v) is 2.78. The van der Waals surface area contributed by atoms with Crippen molar-refractivity contribution in [2.45, 2.75) is 18.9 Å². The lowest BCUT2D eigenvalue weighted by atomic mass is 9.84. The van der Waals surface area contributed by atoms with Gasteiger partial charge in [-0.05, 0) is 30.6 Å². The summed E-state index contributed by atoms with van der Waals surface area (Å²) in [7, 11) is 0. The van der Waals surface area contributed by atoms with Crippen LogP contribution in [0.1, 0.15) is 13.3 Å². The van der Waals surface area contributed by atoms with Crippen LogP contribution in [0.5, 0.6) is 0 Å². The molecular formula is C12H13NO2. The van der Waals surface area contributed by atoms with Crippen molar-refractivity contribution in [2.75, 3.05) is 0 Å². The summed E-state index contributed by atoms with van der Waals surface area (Å²) >= 11 is 0. The summed E-state index contributed by atoms with van der Waals surface area (Å²) in [6.07, 6.45) is 11.7. The first-order valence-corrected chi connectivity index (χ1v) is 4.88. The van der Waals surface area contributed by atoms with Crippen LogP contribution in [0, 0.1) is 0 Å². The number of rotatable bonds is 2. The maximum Gasteiger partial charge on any atom is 0.328 e. The van der Waals surface area contributed by atoms with E-state index in [-0.39, 0.29) is 5.54 Å². The van der Waals surface area contributed by atoms with Gasteiger partial charge in [-0.2, -0.15) is 0 Å². The van der Waals surface area contributed by atoms with Gasteiger partial charge in [-0.1, -0.05) is 18.2 Å². The van der Waals surface area contributed by atoms with Crippen molar-refractivity contribution in [3.63, 3.8) is 0 Å². The fraction of sp³-hybridized carbons (Fsp3) is 0.250. The van der Waals surface area contributed by atoms with Crippen LogP contribution >= 0.6 is 0 Å². The molecule has 0 aromatic heterocycles. The molecule has 1 aliphatic heterocycles. The van der Waals surface area contributed by atoms with Crippen molar-refractivity contribution in [3.05, 3.63) is 47.7 Å². The topological polar surface area (TPSA) is 49.3 Å². The Morgan fingerprint density at radius 2 is 2.47 bits per heavy atom. The number of carbonyl (C=O) groups is 1. The first-order chi connectivity index (χ1) is 7.12. The Balaban J connectivity index is 2.26. The predicted molar refractivity (Wildman–Crippen MR) is 58.2 cm³/mol. The lowest BCUT2D eigenvalue weighted by Crippen LogP contribution is -2.37. The lowest BCUT2D eigenvalue weighted by molar-refractivity contribution is -0.131. The van der Waals surface area contributed by atoms with Gasteiger partial charge in [0.05, 0.1) is 5.54 Å². The first kappa shape index (κ1) is 9.77. The Kier molecular flexibility index (Phi) is 2.23. The molecule has 0 amide bonds. The number of aliphatic carboxylic acids is 1. The number of allylic oxidation sites excluding steroid dienone is 3. The minimum Gasteiger partial charge on any atom is -0.478 e. The highest BCUT2D eigenvalue weighted by molar-refractivity contribution is 5.81. The van der Waals surface area contributed by atoms with Crippen molar-refractivity contribution in [1.82, 2.24) is 5.32 Å². The van der Waals surface area contributed by atoms with Crippen LogP contribution in [-0.2, 0) is 4.79 Å². The van der Waals surface area contributed by atoms with E-state index in [1.54, 1.807) is 6.08 Å². The van der Waals surface area contributed by atoms with Gasteiger partial charge in [-0.25, -0.2) is 4.79 Å². The molecule has 3 nitrogen and oxygen atoms in total. The van der Waals surface area contributed by atoms with Gasteiger partial charge < -0.3 is 10.4 Å². The summed E-state index contributed by atoms with van der Waals surface area (Å²) in [5, 5.41) is 11.8. The molecule has 0 aromatic rings. The molecule has 1 unspecified atom stereocenters. The SMILES string of the molecule is CC12CC=CC=C1C(/C=C/C(=O)O)=CN2. The fourth-order valence-corrected chi connectivity index (χ4v) is 1.93. The number of fused-ring (bicyclic) bond motifs is 1. The molecule has 15 heavy (non-hydrogen) atoms. The molecule has 0 saturated carbocycles. The van der Waals surface area contributed by atoms with Gasteiger partial charge in [0.1, 0.15) is 0 Å². The number of carboxylic acids is 1. The fourth-order valence-electron chi connectivity index (χ4n) is 1.93. The molecule has 0 radical (unpaired) electrons. The number of hydrogen-bond donors (Lipinski definition) is 2. The van der Waals surface area contributed by atoms with E-state index in [1.165, 1.54) is 6.08 Å². The molecule has 0 saturated heterocycles. The van der Waals surface area contributed by atoms with Crippen LogP contribution in [-0.4, -0.2) is 16.6 Å². The van der Waals surface area contributed by atoms with Gasteiger partial charge in [0.25, 0.3) is 0 Å². The van der Waals surface area contributed by atoms with Crippen molar-refractivity contribution >= 4 is 5.97 Å². The van der Waals surface area contributed by atoms with E-state index in [4.69, 9.17) is 5.11 Å². The van der Waals surface area contributed by atoms with Gasteiger partial charge >= 0.3 is 5.97 Å². The number of nitrogens with one attached hydrogen (secondary N) is 1. The lowest BCUT2D eigenvalue weighted by Gasteiger charge is -2.28. The Morgan fingerprint density at radius 1 is 1.67 bits per heavy atom. The second kappa shape index (κ2) is 3.42. The summed E-state index contributed by atoms with van der Waals surface area (Å²) in [5.74, 6) is -0.920. The highest BCUT2D eigenvalue weighted by Crippen LogP contribution is 2.35. The zero-order chi connectivity index (χ0) is 10.9. The molecule has 2 N–H and O–H groups in total. The second-order valence-corrected chi connectivity index (χ2v) is 3.96. The number of hydrogen-bond acceptors (Lipinski definition) is 2. The predicted octanol–water partition coefficient (Wildman–Crippen LogP) is 1.76. The van der Waals surface area contributed by atoms with Crippen molar-refractivity contribution in [1.29, 1.82) is 0 Å². The van der Waals surface area contributed by atoms with E-state index in [0.717, 1.165) is 17.6 Å². The third-order valence-electron chi connectivity index (χ3n) is 2.78. The van der Waals surface area contributed by atoms with E-state index in [0.29, 0.717) is 0 Å². The van der Waals surface area contributed by atoms with Crippen LogP contribution < -0.4 is 5.32 Å². The largest absolute Gasteiger partial charge is 0.478 e. The zero-order valence-corrected chi connectivity index (χ0v) is 8.53. The normalized spacial score (nSPS) is 28.3. The van der Waals surface area contributed by atoms with Crippen LogP contribution in [0.2, 0.25) is 0 Å². The average Bonchev–Trinajstić information content (AvgIpc) is 2.52. The molecule has 78 valence electrons. The molecule has 3 heteroatoms. The molecule has 1 heterocycles. The van der Waals surface area contributed by atoms with Gasteiger partial charge in [0.2, 0.25) is 0 Å². The van der Waals surface area contributed by atoms with E-state index in [2.05, 4.69) is 18.3 Å². The van der Waals surface area contributed by atoms with Gasteiger partial charge in [-0.3, -0.25) is 0 Å². The summed E-state index contributed by atoms with van der Waals surface area (Å²) in [6, 6.07) is 0. The molecule has 1 atom stereocenters. The maximum atomic E-state index is 10.4. The van der Waals surface area contributed by atoms with Crippen LogP contribution in [0.15, 0.2) is 47.7 Å². The summed E-state index contributed by atoms with van der Waals surface area (Å²) in [4.78, 5) is 10.4. The summed E-state index contributed by atoms with van der Waals surface area (Å²) in [6.45, 7) is 2.11. The molecule has 0 aromatic carbocycles. The van der Waals surface area contributed by atoms with Crippen molar-refractivity contribution < 1.29 is 9.90 Å². The van der Waals surface area contributed by atoms with E-state index >= 15 is 0 Å². The quantitative estimate of drug-likeness (QED) is 0.672. The van der Waals surface area contributed by atoms with Crippen LogP contribution in [0.4, 0.5) is 0 Å². The second-order valence-electron chi connectivity index (χ2n) is 3.96. The molecule has 0 spiro atoms. The monoisotopic (exact) mass is 203 g/mol. The maximum absolute atomic E-state index is 10.4. The summed E-state index contributed by atoms with van der Waals surface area (Å²) < 4.78 is 0. The van der Waals surface area contributed by atoms with Gasteiger partial charge in [-0.15, -0.1) is 0 Å². The summed E-state index contributed by atoms with van der Waals surface area (Å²) in [5.41, 5.74) is 2.04. The highest BCUT2D eigenvalue weighted by Gasteiger charge is 2.33. The Morgan fingerprint density at radius 3 is 3.20 bits per heavy atom. The minimum absolute atomic E-state index is 0.0626. The van der Waals surface area contributed by atoms with E-state index < -0.39 is 5.97 Å². The standard InChI is InChI=1S/C12H13NO2/c1-12-7-3-2-4-10(12)9(8-13-12)5-6-11(14)15/h2-6,8,13H,7H2,1H3,(H,14,15)/b6-5+. The molecule has 0 fully saturated rings. The Labute approximate surface area is 88.5 Å². The van der Waals surface area contributed by atoms with Crippen molar-refractivity contribution in [3.8, 4) is 0 Å². The smallest absolute Gasteiger partial charge is 0.328 e. The zero-order valence-electron chi connectivity index (χ0n) is 8.53. The van der Waals surface area contributed by atoms with Gasteiger partial charge in [0, 0.05) is 12.3 Å². The van der Waals surface area contributed by atoms with E-state index in [1.807, 2.05) is 18.4 Å². The number of carboxylic acid groups (broad SMARTS) is 1. The molecular weight excluding hydrogens is 190 g/mol.